The van der Waals surface area contributed by atoms with Gasteiger partial charge < -0.3 is 30.6 Å². The minimum absolute atomic E-state index is 0. The van der Waals surface area contributed by atoms with E-state index in [1.165, 1.54) is 6.42 Å². The quantitative estimate of drug-likeness (QED) is 0.0852. The van der Waals surface area contributed by atoms with Crippen molar-refractivity contribution < 1.29 is 30.6 Å². The second-order valence-electron chi connectivity index (χ2n) is 11.0. The first-order valence-electron chi connectivity index (χ1n) is 18.7. The number of aromatic hydroxyl groups is 6. The summed E-state index contributed by atoms with van der Waals surface area (Å²) < 4.78 is 0. The molecule has 0 spiro atoms. The van der Waals surface area contributed by atoms with Gasteiger partial charge >= 0.3 is 0 Å². The van der Waals surface area contributed by atoms with E-state index in [2.05, 4.69) is 13.8 Å². The van der Waals surface area contributed by atoms with Crippen LogP contribution in [0.5, 0.6) is 34.5 Å². The smallest absolute Gasteiger partial charge is 0.123 e. The molecule has 0 amide bonds. The van der Waals surface area contributed by atoms with E-state index in [1.807, 2.05) is 79.7 Å². The van der Waals surface area contributed by atoms with Gasteiger partial charge in [-0.05, 0) is 115 Å². The first-order chi connectivity index (χ1) is 25.7. The van der Waals surface area contributed by atoms with Crippen molar-refractivity contribution in [1.29, 1.82) is 0 Å². The SMILES string of the molecule is C.C.C.C.CC.CC.CC.CC.CCC.Oc1ccc2c(c1)c1cc(O)ccc1c1c3ccc(O)cc3c3cc(O)ccc3c21.Oc1cccc2c(O)cccc12. The highest BCUT2D eigenvalue weighted by Crippen LogP contribution is 2.46. The maximum absolute atomic E-state index is 10.2. The molecule has 8 aromatic rings. The standard InChI is InChI=1S/C26H16O4.C10H8O2.C3H8.4C2H6.4CH4/c27-13-1-5-17-21(9-13)22-10-14(28)3-7-19(22)26-20-8-4-16(30)12-24(20)23-11-15(29)2-6-18(23)25(17)26;11-9-5-1-3-7-8(9)4-2-6-10(7)12;1-3-2;4*1-2;;;;/h1-12,27-30H;1-6,11-12H;3H2,1-2H3;4*1-2H3;4*1H4. The fourth-order valence-corrected chi connectivity index (χ4v) is 6.00. The lowest BCUT2D eigenvalue weighted by Gasteiger charge is -2.17. The molecule has 0 fully saturated rings. The van der Waals surface area contributed by atoms with Gasteiger partial charge in [-0.1, -0.05) is 154 Å². The predicted octanol–water partition coefficient (Wildman–Crippen LogP) is 16.6. The van der Waals surface area contributed by atoms with E-state index in [1.54, 1.807) is 84.9 Å². The van der Waals surface area contributed by atoms with Crippen molar-refractivity contribution in [2.24, 2.45) is 0 Å². The molecular formula is C51H72O6. The van der Waals surface area contributed by atoms with E-state index in [0.29, 0.717) is 10.8 Å². The van der Waals surface area contributed by atoms with Gasteiger partial charge in [-0.25, -0.2) is 0 Å². The van der Waals surface area contributed by atoms with E-state index in [4.69, 9.17) is 0 Å². The third-order valence-electron chi connectivity index (χ3n) is 7.80. The van der Waals surface area contributed by atoms with Gasteiger partial charge in [-0.15, -0.1) is 0 Å². The van der Waals surface area contributed by atoms with Crippen molar-refractivity contribution in [2.45, 2.75) is 105 Å². The summed E-state index contributed by atoms with van der Waals surface area (Å²) in [5.41, 5.74) is 0. The Morgan fingerprint density at radius 2 is 0.509 bits per heavy atom. The van der Waals surface area contributed by atoms with Crippen LogP contribution in [0.25, 0.3) is 64.6 Å². The minimum Gasteiger partial charge on any atom is -0.508 e. The second kappa shape index (κ2) is 26.8. The van der Waals surface area contributed by atoms with E-state index in [0.717, 1.165) is 53.9 Å². The van der Waals surface area contributed by atoms with E-state index >= 15 is 0 Å². The molecule has 0 aliphatic carbocycles. The molecule has 0 saturated carbocycles. The highest BCUT2D eigenvalue weighted by Gasteiger charge is 2.17. The molecule has 0 saturated heterocycles. The molecule has 312 valence electrons. The van der Waals surface area contributed by atoms with Crippen LogP contribution in [0, 0.1) is 0 Å². The molecule has 0 unspecified atom stereocenters. The molecule has 8 rings (SSSR count). The Balaban J connectivity index is -0.000000915. The monoisotopic (exact) mass is 781 g/mol. The van der Waals surface area contributed by atoms with E-state index < -0.39 is 0 Å². The van der Waals surface area contributed by atoms with Crippen LogP contribution in [0.4, 0.5) is 0 Å². The van der Waals surface area contributed by atoms with Crippen LogP contribution in [0.1, 0.15) is 105 Å². The van der Waals surface area contributed by atoms with Gasteiger partial charge in [0.2, 0.25) is 0 Å². The van der Waals surface area contributed by atoms with Gasteiger partial charge in [0.1, 0.15) is 34.5 Å². The highest BCUT2D eigenvalue weighted by molar-refractivity contribution is 6.39. The fraction of sp³-hybridized carbons (Fsp3) is 0.294. The summed E-state index contributed by atoms with van der Waals surface area (Å²) in [5, 5.41) is 69.8. The average Bonchev–Trinajstić information content (AvgIpc) is 3.19. The Hall–Kier alpha value is -5.88. The van der Waals surface area contributed by atoms with Gasteiger partial charge in [-0.3, -0.25) is 0 Å². The van der Waals surface area contributed by atoms with Crippen LogP contribution in [-0.2, 0) is 0 Å². The van der Waals surface area contributed by atoms with Gasteiger partial charge in [0.25, 0.3) is 0 Å². The molecule has 0 aliphatic rings. The number of phenols is 6. The molecule has 0 aromatic heterocycles. The second-order valence-corrected chi connectivity index (χ2v) is 11.0. The number of hydrogen-bond donors (Lipinski definition) is 6. The Bertz CT molecular complexity index is 2110. The Morgan fingerprint density at radius 1 is 0.298 bits per heavy atom. The summed E-state index contributed by atoms with van der Waals surface area (Å²) in [6.07, 6.45) is 1.25. The molecule has 0 radical (unpaired) electrons. The molecule has 0 atom stereocenters. The van der Waals surface area contributed by atoms with Crippen LogP contribution in [-0.4, -0.2) is 30.6 Å². The van der Waals surface area contributed by atoms with Crippen molar-refractivity contribution in [3.63, 3.8) is 0 Å². The molecule has 6 N–H and O–H groups in total. The topological polar surface area (TPSA) is 121 Å². The predicted molar refractivity (Wildman–Crippen MR) is 256 cm³/mol. The van der Waals surface area contributed by atoms with Gasteiger partial charge in [0.05, 0.1) is 0 Å². The third-order valence-corrected chi connectivity index (χ3v) is 7.80. The lowest BCUT2D eigenvalue weighted by molar-refractivity contribution is 0.475. The zero-order valence-corrected chi connectivity index (χ0v) is 32.8. The van der Waals surface area contributed by atoms with Crippen molar-refractivity contribution in [3.8, 4) is 34.5 Å². The van der Waals surface area contributed by atoms with Crippen LogP contribution >= 0.6 is 0 Å². The summed E-state index contributed by atoms with van der Waals surface area (Å²) in [6.45, 7) is 20.2. The molecule has 0 heterocycles. The largest absolute Gasteiger partial charge is 0.508 e. The molecular weight excluding hydrogens is 709 g/mol. The van der Waals surface area contributed by atoms with Crippen molar-refractivity contribution in [2.75, 3.05) is 0 Å². The number of fused-ring (bicyclic) bond motifs is 12. The molecule has 0 bridgehead atoms. The zero-order chi connectivity index (χ0) is 39.8. The van der Waals surface area contributed by atoms with Crippen LogP contribution < -0.4 is 0 Å². The third kappa shape index (κ3) is 12.1. The summed E-state index contributed by atoms with van der Waals surface area (Å²) in [7, 11) is 0. The average molecular weight is 781 g/mol. The first kappa shape index (κ1) is 55.5. The Kier molecular flexibility index (Phi) is 26.1. The van der Waals surface area contributed by atoms with Gasteiger partial charge in [0, 0.05) is 10.8 Å². The van der Waals surface area contributed by atoms with Crippen LogP contribution in [0.2, 0.25) is 0 Å². The number of phenolic OH excluding ortho intramolecular Hbond substituents is 6. The number of hydrogen-bond acceptors (Lipinski definition) is 6. The van der Waals surface area contributed by atoms with Crippen molar-refractivity contribution >= 4 is 64.6 Å². The molecule has 57 heavy (non-hydrogen) atoms. The maximum atomic E-state index is 10.2. The minimum atomic E-state index is 0. The normalized spacial score (nSPS) is 9.16. The van der Waals surface area contributed by atoms with Crippen molar-refractivity contribution in [3.05, 3.63) is 109 Å². The van der Waals surface area contributed by atoms with Crippen molar-refractivity contribution in [1.82, 2.24) is 0 Å². The number of benzene rings is 8. The number of rotatable bonds is 0. The molecule has 0 aliphatic heterocycles. The lowest BCUT2D eigenvalue weighted by Crippen LogP contribution is -1.88. The fourth-order valence-electron chi connectivity index (χ4n) is 6.00. The molecule has 6 nitrogen and oxygen atoms in total. The Labute approximate surface area is 343 Å². The van der Waals surface area contributed by atoms with Gasteiger partial charge in [0.15, 0.2) is 0 Å². The summed E-state index contributed by atoms with van der Waals surface area (Å²) in [6, 6.07) is 31.2. The summed E-state index contributed by atoms with van der Waals surface area (Å²) >= 11 is 0. The molecule has 8 aromatic carbocycles. The lowest BCUT2D eigenvalue weighted by atomic mass is 9.87. The maximum Gasteiger partial charge on any atom is 0.123 e. The highest BCUT2D eigenvalue weighted by atomic mass is 16.3. The van der Waals surface area contributed by atoms with E-state index in [-0.39, 0.29) is 64.2 Å². The van der Waals surface area contributed by atoms with Crippen LogP contribution in [0.3, 0.4) is 0 Å². The summed E-state index contributed by atoms with van der Waals surface area (Å²) in [5.74, 6) is 1.00. The Morgan fingerprint density at radius 3 is 0.719 bits per heavy atom. The van der Waals surface area contributed by atoms with Crippen LogP contribution in [0.15, 0.2) is 109 Å². The summed E-state index contributed by atoms with van der Waals surface area (Å²) in [4.78, 5) is 0. The van der Waals surface area contributed by atoms with Gasteiger partial charge in [-0.2, -0.15) is 0 Å². The molecule has 6 heteroatoms. The zero-order valence-electron chi connectivity index (χ0n) is 32.8. The first-order valence-corrected chi connectivity index (χ1v) is 18.7. The van der Waals surface area contributed by atoms with E-state index in [9.17, 15) is 30.6 Å².